The smallest absolute Gasteiger partial charge is 0.0410 e. The number of nitrogens with one attached hydrogen (secondary N) is 1. The van der Waals surface area contributed by atoms with E-state index in [2.05, 4.69) is 29.4 Å². The van der Waals surface area contributed by atoms with Crippen LogP contribution in [0.4, 0.5) is 5.69 Å². The van der Waals surface area contributed by atoms with Gasteiger partial charge in [0.2, 0.25) is 0 Å². The number of hydrogen-bond acceptors (Lipinski definition) is 2. The van der Waals surface area contributed by atoms with Crippen molar-refractivity contribution >= 4 is 17.3 Å². The van der Waals surface area contributed by atoms with Crippen LogP contribution in [0.1, 0.15) is 11.5 Å². The molecule has 1 heterocycles. The third-order valence-corrected chi connectivity index (χ3v) is 3.02. The zero-order valence-electron chi connectivity index (χ0n) is 8.55. The number of likely N-dealkylation sites (N-methyl/N-ethyl adjacent to an activating group) is 2. The van der Waals surface area contributed by atoms with E-state index in [-0.39, 0.29) is 0 Å². The largest absolute Gasteiger partial charge is 0.374 e. The van der Waals surface area contributed by atoms with Crippen molar-refractivity contribution in [3.63, 3.8) is 0 Å². The molecule has 14 heavy (non-hydrogen) atoms. The molecule has 0 aliphatic carbocycles. The molecule has 1 aliphatic heterocycles. The lowest BCUT2D eigenvalue weighted by atomic mass is 10.0. The van der Waals surface area contributed by atoms with Gasteiger partial charge in [-0.05, 0) is 30.8 Å². The third-order valence-electron chi connectivity index (χ3n) is 2.79. The topological polar surface area (TPSA) is 15.3 Å². The van der Waals surface area contributed by atoms with E-state index in [0.29, 0.717) is 5.92 Å². The molecular formula is C11H15ClN2. The van der Waals surface area contributed by atoms with Crippen molar-refractivity contribution in [2.24, 2.45) is 0 Å². The second-order valence-electron chi connectivity index (χ2n) is 3.84. The van der Waals surface area contributed by atoms with E-state index in [1.54, 1.807) is 0 Å². The molecule has 2 rings (SSSR count). The quantitative estimate of drug-likeness (QED) is 0.805. The lowest BCUT2D eigenvalue weighted by Gasteiger charge is -2.12. The van der Waals surface area contributed by atoms with Gasteiger partial charge in [-0.15, -0.1) is 0 Å². The van der Waals surface area contributed by atoms with Crippen molar-refractivity contribution in [3.8, 4) is 0 Å². The summed E-state index contributed by atoms with van der Waals surface area (Å²) in [6.45, 7) is 2.09. The van der Waals surface area contributed by atoms with Gasteiger partial charge >= 0.3 is 0 Å². The Morgan fingerprint density at radius 2 is 2.36 bits per heavy atom. The van der Waals surface area contributed by atoms with Crippen LogP contribution in [0.25, 0.3) is 0 Å². The van der Waals surface area contributed by atoms with Crippen LogP contribution in [0.5, 0.6) is 0 Å². The second-order valence-corrected chi connectivity index (χ2v) is 4.27. The molecule has 0 saturated heterocycles. The number of anilines is 1. The molecule has 0 saturated carbocycles. The molecule has 1 aromatic rings. The van der Waals surface area contributed by atoms with Gasteiger partial charge in [0.25, 0.3) is 0 Å². The Morgan fingerprint density at radius 3 is 3.07 bits per heavy atom. The van der Waals surface area contributed by atoms with E-state index in [1.165, 1.54) is 11.3 Å². The summed E-state index contributed by atoms with van der Waals surface area (Å²) in [4.78, 5) is 2.29. The minimum Gasteiger partial charge on any atom is -0.374 e. The van der Waals surface area contributed by atoms with E-state index in [9.17, 15) is 0 Å². The molecule has 76 valence electrons. The first-order valence-corrected chi connectivity index (χ1v) is 5.25. The van der Waals surface area contributed by atoms with Crippen molar-refractivity contribution in [2.45, 2.75) is 5.92 Å². The monoisotopic (exact) mass is 210 g/mol. The van der Waals surface area contributed by atoms with E-state index in [4.69, 9.17) is 11.6 Å². The lowest BCUT2D eigenvalue weighted by Crippen LogP contribution is -2.22. The van der Waals surface area contributed by atoms with E-state index in [0.717, 1.165) is 18.1 Å². The van der Waals surface area contributed by atoms with Crippen LogP contribution in [-0.2, 0) is 0 Å². The lowest BCUT2D eigenvalue weighted by molar-refractivity contribution is 0.654. The average Bonchev–Trinajstić information content (AvgIpc) is 2.44. The number of fused-ring (bicyclic) bond motifs is 1. The Bertz CT molecular complexity index is 338. The highest BCUT2D eigenvalue weighted by atomic mass is 35.5. The Balaban J connectivity index is 2.35. The fraction of sp³-hybridized carbons (Fsp3) is 0.455. The van der Waals surface area contributed by atoms with Crippen molar-refractivity contribution in [1.82, 2.24) is 5.32 Å². The number of nitrogens with zero attached hydrogens (tertiary/aromatic N) is 1. The molecule has 1 aliphatic rings. The van der Waals surface area contributed by atoms with E-state index < -0.39 is 0 Å². The van der Waals surface area contributed by atoms with E-state index in [1.807, 2.05) is 13.1 Å². The fourth-order valence-electron chi connectivity index (χ4n) is 2.15. The first-order chi connectivity index (χ1) is 6.72. The van der Waals surface area contributed by atoms with Crippen LogP contribution in [0.2, 0.25) is 5.02 Å². The summed E-state index contributed by atoms with van der Waals surface area (Å²) in [5.74, 6) is 0.568. The van der Waals surface area contributed by atoms with Crippen molar-refractivity contribution in [3.05, 3.63) is 28.8 Å². The fourth-order valence-corrected chi connectivity index (χ4v) is 2.33. The molecule has 1 aromatic carbocycles. The minimum atomic E-state index is 0.568. The molecule has 0 bridgehead atoms. The van der Waals surface area contributed by atoms with Gasteiger partial charge in [0.05, 0.1) is 0 Å². The molecule has 0 amide bonds. The van der Waals surface area contributed by atoms with Gasteiger partial charge in [-0.25, -0.2) is 0 Å². The predicted molar refractivity (Wildman–Crippen MR) is 61.4 cm³/mol. The minimum absolute atomic E-state index is 0.568. The average molecular weight is 211 g/mol. The SMILES string of the molecule is CNCC1CN(C)c2ccc(Cl)cc21. The normalized spacial score (nSPS) is 19.9. The van der Waals surface area contributed by atoms with Gasteiger partial charge in [-0.2, -0.15) is 0 Å². The molecule has 1 atom stereocenters. The molecule has 2 nitrogen and oxygen atoms in total. The molecule has 1 unspecified atom stereocenters. The summed E-state index contributed by atoms with van der Waals surface area (Å²) < 4.78 is 0. The van der Waals surface area contributed by atoms with Crippen LogP contribution in [0.3, 0.4) is 0 Å². The first kappa shape index (κ1) is 9.81. The number of hydrogen-bond donors (Lipinski definition) is 1. The zero-order valence-corrected chi connectivity index (χ0v) is 9.30. The second kappa shape index (κ2) is 3.79. The Morgan fingerprint density at radius 1 is 1.57 bits per heavy atom. The van der Waals surface area contributed by atoms with Gasteiger partial charge in [-0.3, -0.25) is 0 Å². The Kier molecular flexibility index (Phi) is 2.66. The highest BCUT2D eigenvalue weighted by Crippen LogP contribution is 2.36. The predicted octanol–water partition coefficient (Wildman–Crippen LogP) is 2.09. The standard InChI is InChI=1S/C11H15ClN2/c1-13-6-8-7-14(2)11-4-3-9(12)5-10(8)11/h3-5,8,13H,6-7H2,1-2H3. The summed E-state index contributed by atoms with van der Waals surface area (Å²) in [6, 6.07) is 6.15. The first-order valence-electron chi connectivity index (χ1n) is 4.87. The maximum atomic E-state index is 6.00. The summed E-state index contributed by atoms with van der Waals surface area (Å²) >= 11 is 6.00. The van der Waals surface area contributed by atoms with Crippen LogP contribution >= 0.6 is 11.6 Å². The van der Waals surface area contributed by atoms with Crippen LogP contribution in [0.15, 0.2) is 18.2 Å². The molecule has 3 heteroatoms. The summed E-state index contributed by atoms with van der Waals surface area (Å²) in [5, 5.41) is 4.05. The Hall–Kier alpha value is -0.730. The molecule has 0 radical (unpaired) electrons. The van der Waals surface area contributed by atoms with Gasteiger partial charge < -0.3 is 10.2 Å². The maximum absolute atomic E-state index is 6.00. The summed E-state index contributed by atoms with van der Waals surface area (Å²) in [5.41, 5.74) is 2.68. The van der Waals surface area contributed by atoms with Crippen LogP contribution < -0.4 is 10.2 Å². The van der Waals surface area contributed by atoms with E-state index >= 15 is 0 Å². The third kappa shape index (κ3) is 1.60. The number of benzene rings is 1. The van der Waals surface area contributed by atoms with Crippen molar-refractivity contribution in [1.29, 1.82) is 0 Å². The number of rotatable bonds is 2. The highest BCUT2D eigenvalue weighted by Gasteiger charge is 2.25. The Labute approximate surface area is 89.9 Å². The van der Waals surface area contributed by atoms with Gasteiger partial charge in [0, 0.05) is 36.8 Å². The number of halogens is 1. The molecule has 0 aromatic heterocycles. The molecule has 0 spiro atoms. The van der Waals surface area contributed by atoms with Gasteiger partial charge in [0.1, 0.15) is 0 Å². The molecule has 0 fully saturated rings. The summed E-state index contributed by atoms with van der Waals surface area (Å²) in [7, 11) is 4.12. The molecular weight excluding hydrogens is 196 g/mol. The zero-order chi connectivity index (χ0) is 10.1. The maximum Gasteiger partial charge on any atom is 0.0410 e. The highest BCUT2D eigenvalue weighted by molar-refractivity contribution is 6.30. The van der Waals surface area contributed by atoms with Crippen LogP contribution in [0, 0.1) is 0 Å². The van der Waals surface area contributed by atoms with Gasteiger partial charge in [0.15, 0.2) is 0 Å². The van der Waals surface area contributed by atoms with Crippen LogP contribution in [-0.4, -0.2) is 27.2 Å². The van der Waals surface area contributed by atoms with Gasteiger partial charge in [-0.1, -0.05) is 11.6 Å². The van der Waals surface area contributed by atoms with Crippen molar-refractivity contribution < 1.29 is 0 Å². The summed E-state index contributed by atoms with van der Waals surface area (Å²) in [6.07, 6.45) is 0. The molecule has 1 N–H and O–H groups in total. The van der Waals surface area contributed by atoms with Crippen molar-refractivity contribution in [2.75, 3.05) is 32.1 Å².